The van der Waals surface area contributed by atoms with Crippen LogP contribution >= 0.6 is 22.7 Å². The van der Waals surface area contributed by atoms with Crippen LogP contribution in [0, 0.1) is 6.92 Å². The van der Waals surface area contributed by atoms with Crippen molar-refractivity contribution in [3.63, 3.8) is 0 Å². The van der Waals surface area contributed by atoms with Gasteiger partial charge in [0.2, 0.25) is 0 Å². The zero-order valence-electron chi connectivity index (χ0n) is 11.7. The fourth-order valence-corrected chi connectivity index (χ4v) is 3.62. The van der Waals surface area contributed by atoms with Crippen LogP contribution in [0.3, 0.4) is 0 Å². The molecule has 19 heavy (non-hydrogen) atoms. The third-order valence-electron chi connectivity index (χ3n) is 2.88. The zero-order valence-corrected chi connectivity index (χ0v) is 13.4. The summed E-state index contributed by atoms with van der Waals surface area (Å²) >= 11 is 3.37. The molecule has 0 radical (unpaired) electrons. The Morgan fingerprint density at radius 2 is 2.16 bits per heavy atom. The molecule has 2 rings (SSSR count). The number of rotatable bonds is 4. The third kappa shape index (κ3) is 3.60. The van der Waals surface area contributed by atoms with Crippen LogP contribution in [0.2, 0.25) is 0 Å². The van der Waals surface area contributed by atoms with Gasteiger partial charge in [0.15, 0.2) is 0 Å². The average Bonchev–Trinajstić information content (AvgIpc) is 2.94. The molecule has 3 N–H and O–H groups in total. The molecule has 1 unspecified atom stereocenters. The minimum Gasteiger partial charge on any atom is -0.271 e. The summed E-state index contributed by atoms with van der Waals surface area (Å²) < 4.78 is 0. The highest BCUT2D eigenvalue weighted by molar-refractivity contribution is 7.11. The molecule has 6 heteroatoms. The molecule has 0 aliphatic heterocycles. The van der Waals surface area contributed by atoms with Gasteiger partial charge in [0, 0.05) is 28.3 Å². The molecule has 4 nitrogen and oxygen atoms in total. The second-order valence-electron chi connectivity index (χ2n) is 5.58. The molecule has 2 aromatic heterocycles. The van der Waals surface area contributed by atoms with E-state index in [4.69, 9.17) is 10.8 Å². The maximum Gasteiger partial charge on any atom is 0.0948 e. The van der Waals surface area contributed by atoms with Gasteiger partial charge in [-0.25, -0.2) is 9.97 Å². The molecule has 104 valence electrons. The van der Waals surface area contributed by atoms with E-state index in [0.717, 1.165) is 27.0 Å². The average molecular weight is 296 g/mol. The summed E-state index contributed by atoms with van der Waals surface area (Å²) in [6, 6.07) is 0.0881. The van der Waals surface area contributed by atoms with Gasteiger partial charge >= 0.3 is 0 Å². The lowest BCUT2D eigenvalue weighted by molar-refractivity contribution is 0.546. The Bertz CT molecular complexity index is 539. The van der Waals surface area contributed by atoms with Crippen molar-refractivity contribution in [1.29, 1.82) is 0 Å². The van der Waals surface area contributed by atoms with E-state index in [1.54, 1.807) is 22.7 Å². The summed E-state index contributed by atoms with van der Waals surface area (Å²) in [6.07, 6.45) is 2.70. The van der Waals surface area contributed by atoms with Crippen molar-refractivity contribution in [2.45, 2.75) is 45.6 Å². The maximum absolute atomic E-state index is 5.66. The van der Waals surface area contributed by atoms with Gasteiger partial charge in [0.05, 0.1) is 21.8 Å². The number of aromatic nitrogens is 2. The smallest absolute Gasteiger partial charge is 0.0948 e. The summed E-state index contributed by atoms with van der Waals surface area (Å²) in [5, 5.41) is 4.31. The van der Waals surface area contributed by atoms with Crippen LogP contribution in [0.1, 0.15) is 47.4 Å². The van der Waals surface area contributed by atoms with Crippen LogP contribution in [0.4, 0.5) is 0 Å². The van der Waals surface area contributed by atoms with E-state index in [0.29, 0.717) is 0 Å². The van der Waals surface area contributed by atoms with Crippen LogP contribution in [0.25, 0.3) is 0 Å². The van der Waals surface area contributed by atoms with Gasteiger partial charge in [-0.3, -0.25) is 11.3 Å². The number of nitrogens with zero attached hydrogens (tertiary/aromatic N) is 2. The first kappa shape index (κ1) is 14.6. The fraction of sp³-hybridized carbons (Fsp3) is 0.538. The predicted molar refractivity (Wildman–Crippen MR) is 81.4 cm³/mol. The Kier molecular flexibility index (Phi) is 4.35. The molecule has 2 aromatic rings. The highest BCUT2D eigenvalue weighted by Crippen LogP contribution is 2.28. The third-order valence-corrected chi connectivity index (χ3v) is 4.78. The monoisotopic (exact) mass is 296 g/mol. The maximum atomic E-state index is 5.66. The number of thiazole rings is 2. The summed E-state index contributed by atoms with van der Waals surface area (Å²) in [5.41, 5.74) is 4.11. The molecule has 0 saturated heterocycles. The molecular weight excluding hydrogens is 276 g/mol. The molecule has 0 aromatic carbocycles. The number of hydrogen-bond acceptors (Lipinski definition) is 6. The van der Waals surface area contributed by atoms with Gasteiger partial charge in [0.1, 0.15) is 0 Å². The number of hydrazine groups is 1. The largest absolute Gasteiger partial charge is 0.271 e. The number of nitrogens with two attached hydrogens (primary N) is 1. The van der Waals surface area contributed by atoms with E-state index in [1.165, 1.54) is 0 Å². The van der Waals surface area contributed by atoms with Crippen molar-refractivity contribution in [1.82, 2.24) is 15.4 Å². The summed E-state index contributed by atoms with van der Waals surface area (Å²) in [7, 11) is 0. The van der Waals surface area contributed by atoms with Gasteiger partial charge < -0.3 is 0 Å². The molecule has 0 aliphatic rings. The van der Waals surface area contributed by atoms with Gasteiger partial charge in [-0.15, -0.1) is 22.7 Å². The summed E-state index contributed by atoms with van der Waals surface area (Å²) in [6.45, 7) is 8.54. The number of aryl methyl sites for hydroxylation is 1. The number of hydrogen-bond donors (Lipinski definition) is 2. The topological polar surface area (TPSA) is 63.8 Å². The van der Waals surface area contributed by atoms with E-state index < -0.39 is 0 Å². The quantitative estimate of drug-likeness (QED) is 0.672. The molecule has 0 amide bonds. The molecule has 1 atom stereocenters. The van der Waals surface area contributed by atoms with Crippen LogP contribution in [-0.4, -0.2) is 9.97 Å². The van der Waals surface area contributed by atoms with Gasteiger partial charge in [0.25, 0.3) is 0 Å². The molecule has 0 fully saturated rings. The molecule has 0 saturated carbocycles. The number of nitrogens with one attached hydrogen (secondary N) is 1. The lowest BCUT2D eigenvalue weighted by atomic mass is 9.93. The minimum absolute atomic E-state index is 0.0881. The molecule has 0 aliphatic carbocycles. The second kappa shape index (κ2) is 5.66. The first-order valence-corrected chi connectivity index (χ1v) is 7.93. The standard InChI is InChI=1S/C13H20N4S2/c1-8-15-6-10(19-8)9(17-14)5-12-16-11(7-18-12)13(2,3)4/h6-7,9,17H,5,14H2,1-4H3. The molecule has 0 spiro atoms. The Morgan fingerprint density at radius 1 is 1.42 bits per heavy atom. The Balaban J connectivity index is 2.13. The summed E-state index contributed by atoms with van der Waals surface area (Å²) in [5.74, 6) is 5.66. The van der Waals surface area contributed by atoms with E-state index in [2.05, 4.69) is 36.6 Å². The fourth-order valence-electron chi connectivity index (χ4n) is 1.70. The Hall–Kier alpha value is -0.820. The highest BCUT2D eigenvalue weighted by atomic mass is 32.1. The highest BCUT2D eigenvalue weighted by Gasteiger charge is 2.20. The van der Waals surface area contributed by atoms with Crippen molar-refractivity contribution in [3.05, 3.63) is 32.2 Å². The van der Waals surface area contributed by atoms with Gasteiger partial charge in [-0.05, 0) is 6.92 Å². The van der Waals surface area contributed by atoms with Crippen molar-refractivity contribution < 1.29 is 0 Å². The normalized spacial score (nSPS) is 13.7. The molecular formula is C13H20N4S2. The first-order valence-electron chi connectivity index (χ1n) is 6.23. The van der Waals surface area contributed by atoms with Crippen LogP contribution in [0.5, 0.6) is 0 Å². The lowest BCUT2D eigenvalue weighted by Crippen LogP contribution is -2.29. The molecule has 2 heterocycles. The van der Waals surface area contributed by atoms with E-state index in [-0.39, 0.29) is 11.5 Å². The zero-order chi connectivity index (χ0) is 14.0. The van der Waals surface area contributed by atoms with E-state index >= 15 is 0 Å². The van der Waals surface area contributed by atoms with Crippen molar-refractivity contribution >= 4 is 22.7 Å². The van der Waals surface area contributed by atoms with Crippen LogP contribution < -0.4 is 11.3 Å². The van der Waals surface area contributed by atoms with Crippen molar-refractivity contribution in [2.75, 3.05) is 0 Å². The van der Waals surface area contributed by atoms with Crippen molar-refractivity contribution in [2.24, 2.45) is 5.84 Å². The molecule has 0 bridgehead atoms. The second-order valence-corrected chi connectivity index (χ2v) is 7.79. The van der Waals surface area contributed by atoms with Gasteiger partial charge in [-0.2, -0.15) is 0 Å². The van der Waals surface area contributed by atoms with Crippen molar-refractivity contribution in [3.8, 4) is 0 Å². The SMILES string of the molecule is Cc1ncc(C(Cc2nc(C(C)(C)C)cs2)NN)s1. The Labute approximate surface area is 122 Å². The first-order chi connectivity index (χ1) is 8.90. The van der Waals surface area contributed by atoms with Crippen LogP contribution in [-0.2, 0) is 11.8 Å². The van der Waals surface area contributed by atoms with E-state index in [9.17, 15) is 0 Å². The predicted octanol–water partition coefficient (Wildman–Crippen LogP) is 2.95. The minimum atomic E-state index is 0.0881. The summed E-state index contributed by atoms with van der Waals surface area (Å²) in [4.78, 5) is 10.1. The van der Waals surface area contributed by atoms with Gasteiger partial charge in [-0.1, -0.05) is 20.8 Å². The van der Waals surface area contributed by atoms with E-state index in [1.807, 2.05) is 13.1 Å². The Morgan fingerprint density at radius 3 is 2.63 bits per heavy atom. The lowest BCUT2D eigenvalue weighted by Gasteiger charge is -2.15. The van der Waals surface area contributed by atoms with Crippen LogP contribution in [0.15, 0.2) is 11.6 Å².